The highest BCUT2D eigenvalue weighted by Crippen LogP contribution is 2.39. The first-order chi connectivity index (χ1) is 7.34. The third-order valence-corrected chi connectivity index (χ3v) is 2.73. The predicted octanol–water partition coefficient (Wildman–Crippen LogP) is 3.37. The first kappa shape index (κ1) is 14.8. The molecule has 0 aromatic rings. The number of allylic oxidation sites excluding steroid dienone is 3. The van der Waals surface area contributed by atoms with E-state index < -0.39 is 5.41 Å². The molecule has 0 atom stereocenters. The third kappa shape index (κ3) is 2.13. The molecule has 0 radical (unpaired) electrons. The van der Waals surface area contributed by atoms with Crippen molar-refractivity contribution in [1.29, 1.82) is 0 Å². The molecule has 0 aromatic carbocycles. The smallest absolute Gasteiger partial charge is 0.175 e. The Balaban J connectivity index is 0.00000106. The van der Waals surface area contributed by atoms with Crippen LogP contribution in [-0.4, -0.2) is 18.0 Å². The largest absolute Gasteiger partial charge is 0.507 e. The maximum Gasteiger partial charge on any atom is 0.175 e. The van der Waals surface area contributed by atoms with Crippen molar-refractivity contribution in [3.63, 3.8) is 0 Å². The van der Waals surface area contributed by atoms with Crippen LogP contribution in [-0.2, 0) is 9.53 Å². The van der Waals surface area contributed by atoms with Crippen LogP contribution < -0.4 is 0 Å². The summed E-state index contributed by atoms with van der Waals surface area (Å²) in [5.74, 6) is 0.509. The van der Waals surface area contributed by atoms with Gasteiger partial charge >= 0.3 is 0 Å². The number of carbonyl (C=O) groups is 1. The van der Waals surface area contributed by atoms with Crippen LogP contribution in [0.4, 0.5) is 0 Å². The number of ketones is 1. The van der Waals surface area contributed by atoms with Crippen molar-refractivity contribution in [3.05, 3.63) is 22.7 Å². The predicted molar refractivity (Wildman–Crippen MR) is 65.2 cm³/mol. The summed E-state index contributed by atoms with van der Waals surface area (Å²) in [6.07, 6.45) is 0. The van der Waals surface area contributed by atoms with Crippen molar-refractivity contribution >= 4 is 5.78 Å². The van der Waals surface area contributed by atoms with Gasteiger partial charge in [-0.15, -0.1) is 0 Å². The fourth-order valence-corrected chi connectivity index (χ4v) is 1.95. The number of methoxy groups -OCH3 is 1. The highest BCUT2D eigenvalue weighted by atomic mass is 16.5. The minimum Gasteiger partial charge on any atom is -0.507 e. The van der Waals surface area contributed by atoms with E-state index in [9.17, 15) is 9.90 Å². The fourth-order valence-electron chi connectivity index (χ4n) is 1.95. The van der Waals surface area contributed by atoms with Crippen LogP contribution in [0.3, 0.4) is 0 Å². The number of aliphatic hydroxyl groups is 1. The number of rotatable bonds is 1. The zero-order chi connectivity index (χ0) is 13.1. The molecule has 0 amide bonds. The summed E-state index contributed by atoms with van der Waals surface area (Å²) >= 11 is 0. The van der Waals surface area contributed by atoms with Crippen LogP contribution in [0, 0.1) is 5.41 Å². The highest BCUT2D eigenvalue weighted by molar-refractivity contribution is 6.03. The van der Waals surface area contributed by atoms with Gasteiger partial charge in [-0.25, -0.2) is 0 Å². The molecule has 0 bridgehead atoms. The normalized spacial score (nSPS) is 19.3. The summed E-state index contributed by atoms with van der Waals surface area (Å²) < 4.78 is 5.17. The van der Waals surface area contributed by atoms with E-state index >= 15 is 0 Å². The monoisotopic (exact) mass is 226 g/mol. The van der Waals surface area contributed by atoms with Crippen LogP contribution in [0.1, 0.15) is 41.5 Å². The summed E-state index contributed by atoms with van der Waals surface area (Å²) in [5.41, 5.74) is 0.387. The molecule has 0 heterocycles. The molecule has 0 fully saturated rings. The summed E-state index contributed by atoms with van der Waals surface area (Å²) in [6, 6.07) is 0. The van der Waals surface area contributed by atoms with E-state index in [4.69, 9.17) is 4.74 Å². The lowest BCUT2D eigenvalue weighted by Gasteiger charge is -2.31. The average Bonchev–Trinajstić information content (AvgIpc) is 2.27. The molecule has 1 aliphatic carbocycles. The molecule has 0 spiro atoms. The SMILES string of the molecule is CC.COC1=C(C)C(O)=C(C)C(=O)C1(C)C. The minimum atomic E-state index is -0.671. The van der Waals surface area contributed by atoms with Gasteiger partial charge in [0, 0.05) is 11.1 Å². The van der Waals surface area contributed by atoms with Crippen molar-refractivity contribution < 1.29 is 14.6 Å². The Kier molecular flexibility index (Phi) is 4.79. The molecule has 3 heteroatoms. The van der Waals surface area contributed by atoms with Crippen molar-refractivity contribution in [1.82, 2.24) is 0 Å². The van der Waals surface area contributed by atoms with Crippen molar-refractivity contribution in [2.24, 2.45) is 5.41 Å². The molecule has 3 nitrogen and oxygen atoms in total. The molecule has 0 saturated carbocycles. The van der Waals surface area contributed by atoms with Gasteiger partial charge in [-0.3, -0.25) is 4.79 Å². The van der Waals surface area contributed by atoms with Gasteiger partial charge in [-0.05, 0) is 27.7 Å². The van der Waals surface area contributed by atoms with Gasteiger partial charge in [0.25, 0.3) is 0 Å². The lowest BCUT2D eigenvalue weighted by atomic mass is 9.76. The molecule has 1 N–H and O–H groups in total. The van der Waals surface area contributed by atoms with E-state index in [0.717, 1.165) is 0 Å². The van der Waals surface area contributed by atoms with E-state index in [1.165, 1.54) is 7.11 Å². The standard InChI is InChI=1S/C11H16O3.C2H6/c1-6-8(12)7(2)10(14-5)11(3,4)9(6)13;1-2/h12H,1-5H3;1-2H3. The topological polar surface area (TPSA) is 46.5 Å². The summed E-state index contributed by atoms with van der Waals surface area (Å²) in [5, 5.41) is 9.67. The number of carbonyl (C=O) groups excluding carboxylic acids is 1. The summed E-state index contributed by atoms with van der Waals surface area (Å²) in [6.45, 7) is 11.0. The number of Topliss-reactive ketones (excluding diaryl/α,β-unsaturated/α-hetero) is 1. The second-order valence-electron chi connectivity index (χ2n) is 4.09. The third-order valence-electron chi connectivity index (χ3n) is 2.73. The Bertz CT molecular complexity index is 346. The Morgan fingerprint density at radius 3 is 1.94 bits per heavy atom. The zero-order valence-electron chi connectivity index (χ0n) is 11.3. The maximum atomic E-state index is 11.8. The Morgan fingerprint density at radius 1 is 1.12 bits per heavy atom. The Morgan fingerprint density at radius 2 is 1.56 bits per heavy atom. The Hall–Kier alpha value is -1.25. The molecule has 1 rings (SSSR count). The van der Waals surface area contributed by atoms with Crippen LogP contribution in [0.5, 0.6) is 0 Å². The molecular weight excluding hydrogens is 204 g/mol. The zero-order valence-corrected chi connectivity index (χ0v) is 11.3. The van der Waals surface area contributed by atoms with Crippen LogP contribution >= 0.6 is 0 Å². The molecule has 92 valence electrons. The summed E-state index contributed by atoms with van der Waals surface area (Å²) in [7, 11) is 1.52. The number of aliphatic hydroxyl groups excluding tert-OH is 1. The lowest BCUT2D eigenvalue weighted by molar-refractivity contribution is -0.123. The molecule has 0 aliphatic heterocycles. The minimum absolute atomic E-state index is 0.0474. The van der Waals surface area contributed by atoms with Crippen LogP contribution in [0.15, 0.2) is 22.7 Å². The molecule has 1 aliphatic rings. The number of ether oxygens (including phenoxy) is 1. The number of hydrogen-bond acceptors (Lipinski definition) is 3. The second kappa shape index (κ2) is 5.19. The van der Waals surface area contributed by atoms with E-state index in [-0.39, 0.29) is 11.5 Å². The van der Waals surface area contributed by atoms with Crippen LogP contribution in [0.2, 0.25) is 0 Å². The first-order valence-corrected chi connectivity index (χ1v) is 5.54. The van der Waals surface area contributed by atoms with Gasteiger partial charge in [0.15, 0.2) is 5.78 Å². The van der Waals surface area contributed by atoms with Gasteiger partial charge in [-0.1, -0.05) is 13.8 Å². The maximum absolute atomic E-state index is 11.8. The van der Waals surface area contributed by atoms with E-state index in [0.29, 0.717) is 16.9 Å². The molecule has 0 saturated heterocycles. The molecule has 16 heavy (non-hydrogen) atoms. The molecule has 0 aromatic heterocycles. The summed E-state index contributed by atoms with van der Waals surface area (Å²) in [4.78, 5) is 11.8. The highest BCUT2D eigenvalue weighted by Gasteiger charge is 2.40. The van der Waals surface area contributed by atoms with Gasteiger partial charge < -0.3 is 9.84 Å². The van der Waals surface area contributed by atoms with Crippen molar-refractivity contribution in [2.45, 2.75) is 41.5 Å². The first-order valence-electron chi connectivity index (χ1n) is 5.54. The quantitative estimate of drug-likeness (QED) is 0.745. The van der Waals surface area contributed by atoms with Gasteiger partial charge in [0.05, 0.1) is 12.5 Å². The van der Waals surface area contributed by atoms with Gasteiger partial charge in [0.2, 0.25) is 0 Å². The van der Waals surface area contributed by atoms with Gasteiger partial charge in [-0.2, -0.15) is 0 Å². The molecule has 0 unspecified atom stereocenters. The average molecular weight is 226 g/mol. The van der Waals surface area contributed by atoms with Crippen molar-refractivity contribution in [3.8, 4) is 0 Å². The lowest BCUT2D eigenvalue weighted by Crippen LogP contribution is -2.33. The fraction of sp³-hybridized carbons (Fsp3) is 0.615. The van der Waals surface area contributed by atoms with E-state index in [1.54, 1.807) is 27.7 Å². The van der Waals surface area contributed by atoms with Crippen LogP contribution in [0.25, 0.3) is 0 Å². The Labute approximate surface area is 97.8 Å². The molecular formula is C13H22O3. The number of hydrogen-bond donors (Lipinski definition) is 1. The van der Waals surface area contributed by atoms with Gasteiger partial charge in [0.1, 0.15) is 11.5 Å². The second-order valence-corrected chi connectivity index (χ2v) is 4.09. The van der Waals surface area contributed by atoms with E-state index in [1.807, 2.05) is 13.8 Å². The van der Waals surface area contributed by atoms with Crippen molar-refractivity contribution in [2.75, 3.05) is 7.11 Å². The van der Waals surface area contributed by atoms with E-state index in [2.05, 4.69) is 0 Å².